The summed E-state index contributed by atoms with van der Waals surface area (Å²) in [5.74, 6) is 0.598. The maximum absolute atomic E-state index is 12.3. The molecule has 1 aromatic heterocycles. The SMILES string of the molecule is CN(C)CCNc1c(Cl)cnn(CC2CCC2)c1=O. The molecule has 1 heterocycles. The normalized spacial score (nSPS) is 15.6. The second kappa shape index (κ2) is 6.39. The van der Waals surface area contributed by atoms with E-state index in [-0.39, 0.29) is 5.56 Å². The lowest BCUT2D eigenvalue weighted by molar-refractivity contribution is 0.262. The second-order valence-corrected chi connectivity index (χ2v) is 5.79. The third-order valence-corrected chi connectivity index (χ3v) is 3.80. The van der Waals surface area contributed by atoms with Gasteiger partial charge in [0.25, 0.3) is 5.56 Å². The number of hydrogen-bond acceptors (Lipinski definition) is 4. The van der Waals surface area contributed by atoms with Crippen molar-refractivity contribution in [3.05, 3.63) is 21.6 Å². The first-order valence-electron chi connectivity index (χ1n) is 6.72. The summed E-state index contributed by atoms with van der Waals surface area (Å²) in [5, 5.41) is 7.64. The summed E-state index contributed by atoms with van der Waals surface area (Å²) in [7, 11) is 3.98. The first-order valence-corrected chi connectivity index (χ1v) is 7.10. The smallest absolute Gasteiger partial charge is 0.291 e. The topological polar surface area (TPSA) is 50.2 Å². The van der Waals surface area contributed by atoms with Gasteiger partial charge >= 0.3 is 0 Å². The lowest BCUT2D eigenvalue weighted by Crippen LogP contribution is -2.32. The van der Waals surface area contributed by atoms with Gasteiger partial charge in [0.05, 0.1) is 11.2 Å². The molecule has 0 radical (unpaired) electrons. The molecule has 1 aromatic rings. The van der Waals surface area contributed by atoms with Crippen LogP contribution < -0.4 is 10.9 Å². The predicted octanol–water partition coefficient (Wildman–Crippen LogP) is 1.67. The lowest BCUT2D eigenvalue weighted by atomic mass is 9.85. The first-order chi connectivity index (χ1) is 9.08. The Kier molecular flexibility index (Phi) is 4.82. The van der Waals surface area contributed by atoms with E-state index in [1.807, 2.05) is 14.1 Å². The number of aromatic nitrogens is 2. The van der Waals surface area contributed by atoms with Gasteiger partial charge in [0.1, 0.15) is 5.69 Å². The average Bonchev–Trinajstić information content (AvgIpc) is 2.30. The van der Waals surface area contributed by atoms with Crippen molar-refractivity contribution in [2.75, 3.05) is 32.5 Å². The van der Waals surface area contributed by atoms with Gasteiger partial charge in [-0.3, -0.25) is 4.79 Å². The molecule has 106 valence electrons. The molecule has 6 heteroatoms. The fraction of sp³-hybridized carbons (Fsp3) is 0.692. The van der Waals surface area contributed by atoms with Crippen LogP contribution in [0.4, 0.5) is 5.69 Å². The number of nitrogens with zero attached hydrogens (tertiary/aromatic N) is 3. The summed E-state index contributed by atoms with van der Waals surface area (Å²) >= 11 is 6.05. The monoisotopic (exact) mass is 284 g/mol. The highest BCUT2D eigenvalue weighted by molar-refractivity contribution is 6.32. The van der Waals surface area contributed by atoms with Crippen LogP contribution >= 0.6 is 11.6 Å². The minimum atomic E-state index is -0.113. The summed E-state index contributed by atoms with van der Waals surface area (Å²) in [6.45, 7) is 2.24. The van der Waals surface area contributed by atoms with Crippen LogP contribution in [0.1, 0.15) is 19.3 Å². The number of likely N-dealkylation sites (N-methyl/N-ethyl adjacent to an activating group) is 1. The standard InChI is InChI=1S/C13H21ClN4O/c1-17(2)7-6-15-12-11(14)8-16-18(13(12)19)9-10-4-3-5-10/h8,10,15H,3-7,9H2,1-2H3. The summed E-state index contributed by atoms with van der Waals surface area (Å²) in [5.41, 5.74) is 0.357. The third-order valence-electron chi connectivity index (χ3n) is 3.51. The minimum absolute atomic E-state index is 0.113. The van der Waals surface area contributed by atoms with Crippen molar-refractivity contribution in [1.82, 2.24) is 14.7 Å². The van der Waals surface area contributed by atoms with E-state index in [1.54, 1.807) is 6.20 Å². The predicted molar refractivity (Wildman–Crippen MR) is 77.9 cm³/mol. The molecule has 1 saturated carbocycles. The van der Waals surface area contributed by atoms with Crippen molar-refractivity contribution in [3.63, 3.8) is 0 Å². The molecule has 0 atom stereocenters. The quantitative estimate of drug-likeness (QED) is 0.863. The van der Waals surface area contributed by atoms with Gasteiger partial charge in [-0.05, 0) is 32.9 Å². The fourth-order valence-corrected chi connectivity index (χ4v) is 2.27. The average molecular weight is 285 g/mol. The first kappa shape index (κ1) is 14.3. The number of anilines is 1. The molecular weight excluding hydrogens is 264 g/mol. The van der Waals surface area contributed by atoms with Gasteiger partial charge in [-0.2, -0.15) is 5.10 Å². The molecule has 1 fully saturated rings. The van der Waals surface area contributed by atoms with E-state index in [1.165, 1.54) is 23.9 Å². The Morgan fingerprint density at radius 2 is 2.26 bits per heavy atom. The van der Waals surface area contributed by atoms with Gasteiger partial charge in [-0.15, -0.1) is 0 Å². The van der Waals surface area contributed by atoms with E-state index in [4.69, 9.17) is 11.6 Å². The van der Waals surface area contributed by atoms with Crippen molar-refractivity contribution in [2.24, 2.45) is 5.92 Å². The van der Waals surface area contributed by atoms with Crippen molar-refractivity contribution >= 4 is 17.3 Å². The number of nitrogens with one attached hydrogen (secondary N) is 1. The summed E-state index contributed by atoms with van der Waals surface area (Å²) in [6.07, 6.45) is 5.21. The van der Waals surface area contributed by atoms with E-state index in [0.29, 0.717) is 29.7 Å². The van der Waals surface area contributed by atoms with Gasteiger partial charge < -0.3 is 10.2 Å². The number of hydrogen-bond donors (Lipinski definition) is 1. The maximum atomic E-state index is 12.3. The third kappa shape index (κ3) is 3.70. The van der Waals surface area contributed by atoms with Crippen molar-refractivity contribution in [1.29, 1.82) is 0 Å². The molecule has 0 unspecified atom stereocenters. The molecule has 0 spiro atoms. The fourth-order valence-electron chi connectivity index (χ4n) is 2.08. The Bertz CT molecular complexity index is 482. The van der Waals surface area contributed by atoms with Crippen LogP contribution in [-0.2, 0) is 6.54 Å². The summed E-state index contributed by atoms with van der Waals surface area (Å²) < 4.78 is 1.54. The zero-order chi connectivity index (χ0) is 13.8. The Hall–Kier alpha value is -1.07. The van der Waals surface area contributed by atoms with Crippen LogP contribution in [-0.4, -0.2) is 41.9 Å². The van der Waals surface area contributed by atoms with Crippen LogP contribution in [0.15, 0.2) is 11.0 Å². The molecule has 5 nitrogen and oxygen atoms in total. The molecule has 0 bridgehead atoms. The van der Waals surface area contributed by atoms with Crippen LogP contribution in [0.3, 0.4) is 0 Å². The molecule has 0 saturated heterocycles. The summed E-state index contributed by atoms with van der Waals surface area (Å²) in [4.78, 5) is 14.3. The zero-order valence-electron chi connectivity index (χ0n) is 11.5. The van der Waals surface area contributed by atoms with Gasteiger partial charge in [0.2, 0.25) is 0 Å². The van der Waals surface area contributed by atoms with Crippen LogP contribution in [0.5, 0.6) is 0 Å². The van der Waals surface area contributed by atoms with Crippen LogP contribution in [0.2, 0.25) is 5.02 Å². The van der Waals surface area contributed by atoms with E-state index in [9.17, 15) is 4.79 Å². The van der Waals surface area contributed by atoms with Crippen molar-refractivity contribution < 1.29 is 0 Å². The molecule has 0 aliphatic heterocycles. The lowest BCUT2D eigenvalue weighted by Gasteiger charge is -2.25. The largest absolute Gasteiger partial charge is 0.378 e. The summed E-state index contributed by atoms with van der Waals surface area (Å²) in [6, 6.07) is 0. The highest BCUT2D eigenvalue weighted by Gasteiger charge is 2.20. The van der Waals surface area contributed by atoms with Crippen LogP contribution in [0, 0.1) is 5.92 Å². The van der Waals surface area contributed by atoms with Gasteiger partial charge in [0.15, 0.2) is 0 Å². The minimum Gasteiger partial charge on any atom is -0.378 e. The Morgan fingerprint density at radius 3 is 2.84 bits per heavy atom. The Morgan fingerprint density at radius 1 is 1.53 bits per heavy atom. The molecule has 19 heavy (non-hydrogen) atoms. The maximum Gasteiger partial charge on any atom is 0.291 e. The Balaban J connectivity index is 2.07. The second-order valence-electron chi connectivity index (χ2n) is 5.38. The van der Waals surface area contributed by atoms with E-state index >= 15 is 0 Å². The number of rotatable bonds is 6. The van der Waals surface area contributed by atoms with Gasteiger partial charge in [-0.25, -0.2) is 4.68 Å². The van der Waals surface area contributed by atoms with Gasteiger partial charge in [-0.1, -0.05) is 18.0 Å². The molecule has 1 N–H and O–H groups in total. The molecule has 1 aliphatic rings. The highest BCUT2D eigenvalue weighted by Crippen LogP contribution is 2.27. The number of halogens is 1. The Labute approximate surface area is 118 Å². The molecule has 0 amide bonds. The molecule has 1 aliphatic carbocycles. The van der Waals surface area contributed by atoms with E-state index in [0.717, 1.165) is 6.54 Å². The van der Waals surface area contributed by atoms with Crippen LogP contribution in [0.25, 0.3) is 0 Å². The molecule has 2 rings (SSSR count). The van der Waals surface area contributed by atoms with Gasteiger partial charge in [0, 0.05) is 19.6 Å². The molecular formula is C13H21ClN4O. The van der Waals surface area contributed by atoms with Crippen molar-refractivity contribution in [2.45, 2.75) is 25.8 Å². The van der Waals surface area contributed by atoms with E-state index in [2.05, 4.69) is 15.3 Å². The molecule has 0 aromatic carbocycles. The zero-order valence-corrected chi connectivity index (χ0v) is 12.3. The highest BCUT2D eigenvalue weighted by atomic mass is 35.5. The van der Waals surface area contributed by atoms with Crippen molar-refractivity contribution in [3.8, 4) is 0 Å². The van der Waals surface area contributed by atoms with E-state index < -0.39 is 0 Å².